The average Bonchev–Trinajstić information content (AvgIpc) is 2.67. The predicted octanol–water partition coefficient (Wildman–Crippen LogP) is 0.757. The van der Waals surface area contributed by atoms with Gasteiger partial charge in [0.25, 0.3) is 0 Å². The number of nitrogens with zero attached hydrogens (tertiary/aromatic N) is 2. The first kappa shape index (κ1) is 7.75. The van der Waals surface area contributed by atoms with Gasteiger partial charge < -0.3 is 4.98 Å². The first-order chi connectivity index (χ1) is 6.40. The van der Waals surface area contributed by atoms with E-state index in [0.717, 1.165) is 11.4 Å². The largest absolute Gasteiger partial charge is 0.322 e. The van der Waals surface area contributed by atoms with Crippen LogP contribution in [0.2, 0.25) is 0 Å². The lowest BCUT2D eigenvalue weighted by molar-refractivity contribution is 1.19. The molecule has 0 bridgehead atoms. The van der Waals surface area contributed by atoms with E-state index in [4.69, 9.17) is 5.84 Å². The number of nitrogen functional groups attached to an aromatic ring is 1. The van der Waals surface area contributed by atoms with Crippen molar-refractivity contribution in [2.75, 3.05) is 5.43 Å². The molecule has 2 rings (SSSR count). The third-order valence-corrected chi connectivity index (χ3v) is 1.65. The van der Waals surface area contributed by atoms with E-state index in [1.807, 2.05) is 18.2 Å². The van der Waals surface area contributed by atoms with E-state index in [0.29, 0.717) is 5.95 Å². The Kier molecular flexibility index (Phi) is 1.93. The van der Waals surface area contributed by atoms with Crippen molar-refractivity contribution in [2.45, 2.75) is 0 Å². The van der Waals surface area contributed by atoms with Gasteiger partial charge in [-0.1, -0.05) is 6.07 Å². The molecule has 0 unspecified atom stereocenters. The summed E-state index contributed by atoms with van der Waals surface area (Å²) in [7, 11) is 0. The highest BCUT2D eigenvalue weighted by Crippen LogP contribution is 2.14. The Hall–Kier alpha value is -1.88. The minimum Gasteiger partial charge on any atom is -0.322 e. The van der Waals surface area contributed by atoms with Gasteiger partial charge in [0, 0.05) is 6.20 Å². The number of anilines is 1. The number of pyridine rings is 1. The normalized spacial score (nSPS) is 9.92. The number of H-pyrrole nitrogens is 1. The van der Waals surface area contributed by atoms with Crippen LogP contribution >= 0.6 is 0 Å². The van der Waals surface area contributed by atoms with Crippen molar-refractivity contribution in [3.63, 3.8) is 0 Å². The van der Waals surface area contributed by atoms with Gasteiger partial charge in [-0.15, -0.1) is 0 Å². The van der Waals surface area contributed by atoms with Crippen molar-refractivity contribution in [2.24, 2.45) is 5.84 Å². The number of nitrogens with two attached hydrogens (primary N) is 1. The Morgan fingerprint density at radius 3 is 2.85 bits per heavy atom. The van der Waals surface area contributed by atoms with Gasteiger partial charge in [0.15, 0.2) is 0 Å². The highest BCUT2D eigenvalue weighted by Gasteiger charge is 2.01. The molecule has 5 nitrogen and oxygen atoms in total. The van der Waals surface area contributed by atoms with Gasteiger partial charge in [0.05, 0.1) is 17.6 Å². The van der Waals surface area contributed by atoms with E-state index in [9.17, 15) is 0 Å². The van der Waals surface area contributed by atoms with Crippen LogP contribution in [0, 0.1) is 0 Å². The number of hydrogen-bond acceptors (Lipinski definition) is 4. The molecule has 0 atom stereocenters. The minimum absolute atomic E-state index is 0.528. The van der Waals surface area contributed by atoms with Crippen LogP contribution in [0.15, 0.2) is 30.6 Å². The summed E-state index contributed by atoms with van der Waals surface area (Å²) in [6.07, 6.45) is 3.41. The lowest BCUT2D eigenvalue weighted by Gasteiger charge is -1.94. The molecule has 2 heterocycles. The standard InChI is InChI=1S/C8H9N5/c9-13-8-11-5-7(12-8)6-3-1-2-4-10-6/h1-5H,9H2,(H2,11,12,13). The second kappa shape index (κ2) is 3.24. The van der Waals surface area contributed by atoms with Gasteiger partial charge >= 0.3 is 0 Å². The second-order valence-corrected chi connectivity index (χ2v) is 2.50. The number of imidazole rings is 1. The van der Waals surface area contributed by atoms with Crippen LogP contribution in [0.1, 0.15) is 0 Å². The van der Waals surface area contributed by atoms with Crippen LogP contribution < -0.4 is 11.3 Å². The summed E-state index contributed by atoms with van der Waals surface area (Å²) >= 11 is 0. The molecule has 0 saturated heterocycles. The summed E-state index contributed by atoms with van der Waals surface area (Å²) in [5.41, 5.74) is 4.11. The Balaban J connectivity index is 2.36. The van der Waals surface area contributed by atoms with Crippen LogP contribution in [-0.4, -0.2) is 15.0 Å². The minimum atomic E-state index is 0.528. The molecule has 2 aromatic rings. The topological polar surface area (TPSA) is 79.6 Å². The molecular weight excluding hydrogens is 166 g/mol. The quantitative estimate of drug-likeness (QED) is 0.465. The van der Waals surface area contributed by atoms with E-state index in [2.05, 4.69) is 20.4 Å². The Bertz CT molecular complexity index is 380. The molecule has 0 aliphatic carbocycles. The maximum atomic E-state index is 5.18. The summed E-state index contributed by atoms with van der Waals surface area (Å²) in [5.74, 6) is 5.71. The fraction of sp³-hybridized carbons (Fsp3) is 0. The molecule has 4 N–H and O–H groups in total. The van der Waals surface area contributed by atoms with E-state index >= 15 is 0 Å². The summed E-state index contributed by atoms with van der Waals surface area (Å²) in [5, 5.41) is 0. The summed E-state index contributed by atoms with van der Waals surface area (Å²) in [4.78, 5) is 11.1. The first-order valence-corrected chi connectivity index (χ1v) is 3.83. The lowest BCUT2D eigenvalue weighted by Crippen LogP contribution is -2.07. The van der Waals surface area contributed by atoms with Crippen LogP contribution in [-0.2, 0) is 0 Å². The molecule has 0 radical (unpaired) electrons. The molecule has 2 aromatic heterocycles. The zero-order chi connectivity index (χ0) is 9.10. The summed E-state index contributed by atoms with van der Waals surface area (Å²) < 4.78 is 0. The molecule has 0 aliphatic rings. The van der Waals surface area contributed by atoms with Gasteiger partial charge in [0.1, 0.15) is 0 Å². The predicted molar refractivity (Wildman–Crippen MR) is 49.6 cm³/mol. The van der Waals surface area contributed by atoms with Crippen molar-refractivity contribution in [1.82, 2.24) is 15.0 Å². The van der Waals surface area contributed by atoms with Crippen molar-refractivity contribution < 1.29 is 0 Å². The van der Waals surface area contributed by atoms with E-state index in [1.54, 1.807) is 12.4 Å². The highest BCUT2D eigenvalue weighted by atomic mass is 15.3. The van der Waals surface area contributed by atoms with E-state index in [1.165, 1.54) is 0 Å². The molecule has 13 heavy (non-hydrogen) atoms. The van der Waals surface area contributed by atoms with E-state index < -0.39 is 0 Å². The van der Waals surface area contributed by atoms with E-state index in [-0.39, 0.29) is 0 Å². The van der Waals surface area contributed by atoms with Crippen molar-refractivity contribution in [3.8, 4) is 11.4 Å². The van der Waals surface area contributed by atoms with Crippen LogP contribution in [0.3, 0.4) is 0 Å². The Morgan fingerprint density at radius 1 is 1.31 bits per heavy atom. The number of hydrazine groups is 1. The number of hydrogen-bond donors (Lipinski definition) is 3. The third-order valence-electron chi connectivity index (χ3n) is 1.65. The third kappa shape index (κ3) is 1.50. The molecule has 0 fully saturated rings. The first-order valence-electron chi connectivity index (χ1n) is 3.83. The van der Waals surface area contributed by atoms with Crippen molar-refractivity contribution in [1.29, 1.82) is 0 Å². The fourth-order valence-corrected chi connectivity index (χ4v) is 1.05. The number of nitrogens with one attached hydrogen (secondary N) is 2. The number of aromatic nitrogens is 3. The molecule has 0 saturated carbocycles. The Morgan fingerprint density at radius 2 is 2.23 bits per heavy atom. The second-order valence-electron chi connectivity index (χ2n) is 2.50. The molecule has 0 aromatic carbocycles. The molecule has 0 spiro atoms. The summed E-state index contributed by atoms with van der Waals surface area (Å²) in [6, 6.07) is 5.68. The smallest absolute Gasteiger partial charge is 0.215 e. The van der Waals surface area contributed by atoms with Gasteiger partial charge in [-0.25, -0.2) is 10.8 Å². The van der Waals surface area contributed by atoms with Crippen LogP contribution in [0.5, 0.6) is 0 Å². The van der Waals surface area contributed by atoms with Crippen molar-refractivity contribution in [3.05, 3.63) is 30.6 Å². The molecule has 5 heteroatoms. The Labute approximate surface area is 75.0 Å². The van der Waals surface area contributed by atoms with Crippen molar-refractivity contribution >= 4 is 5.95 Å². The zero-order valence-electron chi connectivity index (χ0n) is 6.86. The molecule has 0 amide bonds. The lowest BCUT2D eigenvalue weighted by atomic mass is 10.3. The van der Waals surface area contributed by atoms with Gasteiger partial charge in [0.2, 0.25) is 5.95 Å². The monoisotopic (exact) mass is 175 g/mol. The fourth-order valence-electron chi connectivity index (χ4n) is 1.05. The van der Waals surface area contributed by atoms with Gasteiger partial charge in [-0.2, -0.15) is 0 Å². The molecular formula is C8H9N5. The average molecular weight is 175 g/mol. The SMILES string of the molecule is NNc1ncc(-c2ccccn2)[nH]1. The molecule has 66 valence electrons. The highest BCUT2D eigenvalue weighted by molar-refractivity contribution is 5.54. The van der Waals surface area contributed by atoms with Gasteiger partial charge in [-0.05, 0) is 12.1 Å². The zero-order valence-corrected chi connectivity index (χ0v) is 6.86. The summed E-state index contributed by atoms with van der Waals surface area (Å²) in [6.45, 7) is 0. The van der Waals surface area contributed by atoms with Crippen LogP contribution in [0.25, 0.3) is 11.4 Å². The number of rotatable bonds is 2. The molecule has 0 aliphatic heterocycles. The number of aromatic amines is 1. The maximum absolute atomic E-state index is 5.18. The maximum Gasteiger partial charge on any atom is 0.215 e. The van der Waals surface area contributed by atoms with Gasteiger partial charge in [-0.3, -0.25) is 10.4 Å². The van der Waals surface area contributed by atoms with Crippen LogP contribution in [0.4, 0.5) is 5.95 Å².